The van der Waals surface area contributed by atoms with Crippen molar-refractivity contribution in [2.45, 2.75) is 25.8 Å². The van der Waals surface area contributed by atoms with Gasteiger partial charge in [0, 0.05) is 24.1 Å². The maximum atomic E-state index is 14.5. The van der Waals surface area contributed by atoms with Crippen molar-refractivity contribution in [3.63, 3.8) is 0 Å². The lowest BCUT2D eigenvalue weighted by Gasteiger charge is -2.34. The fourth-order valence-electron chi connectivity index (χ4n) is 3.67. The van der Waals surface area contributed by atoms with Crippen molar-refractivity contribution in [3.05, 3.63) is 94.7 Å². The minimum atomic E-state index is -0.923. The van der Waals surface area contributed by atoms with Gasteiger partial charge in [-0.1, -0.05) is 36.9 Å². The number of rotatable bonds is 6. The zero-order chi connectivity index (χ0) is 22.5. The Morgan fingerprint density at radius 3 is 2.74 bits per heavy atom. The van der Waals surface area contributed by atoms with Crippen LogP contribution >= 0.6 is 0 Å². The quantitative estimate of drug-likeness (QED) is 0.512. The summed E-state index contributed by atoms with van der Waals surface area (Å²) in [5, 5.41) is 9.34. The second-order valence-electron chi connectivity index (χ2n) is 7.06. The van der Waals surface area contributed by atoms with Gasteiger partial charge in [-0.3, -0.25) is 4.79 Å². The molecule has 1 amide bonds. The number of hydrogen-bond donors (Lipinski definition) is 0. The molecule has 0 N–H and O–H groups in total. The van der Waals surface area contributed by atoms with E-state index in [0.717, 1.165) is 12.1 Å². The van der Waals surface area contributed by atoms with Crippen molar-refractivity contribution in [2.75, 3.05) is 6.61 Å². The molecule has 3 rings (SSSR count). The maximum absolute atomic E-state index is 14.5. The SMILES string of the molecule is C=CCOC(=O)C1=C(C)N(Cc2ccccc2C#N)C(=O)CC1c1ccc(F)cc1F. The summed E-state index contributed by atoms with van der Waals surface area (Å²) in [6.45, 7) is 5.10. The number of allylic oxidation sites excluding steroid dienone is 1. The second-order valence-corrected chi connectivity index (χ2v) is 7.06. The molecule has 5 nitrogen and oxygen atoms in total. The van der Waals surface area contributed by atoms with Gasteiger partial charge in [-0.15, -0.1) is 0 Å². The Balaban J connectivity index is 2.09. The number of carbonyl (C=O) groups is 2. The maximum Gasteiger partial charge on any atom is 0.336 e. The summed E-state index contributed by atoms with van der Waals surface area (Å²) in [4.78, 5) is 27.2. The first-order chi connectivity index (χ1) is 14.9. The molecule has 0 bridgehead atoms. The van der Waals surface area contributed by atoms with E-state index < -0.39 is 23.5 Å². The normalized spacial score (nSPS) is 16.1. The molecule has 2 aromatic carbocycles. The van der Waals surface area contributed by atoms with Crippen molar-refractivity contribution >= 4 is 11.9 Å². The number of carbonyl (C=O) groups excluding carboxylic acids is 2. The molecule has 1 aliphatic rings. The third-order valence-corrected chi connectivity index (χ3v) is 5.18. The van der Waals surface area contributed by atoms with E-state index >= 15 is 0 Å². The van der Waals surface area contributed by atoms with Crippen LogP contribution in [-0.2, 0) is 20.9 Å². The number of nitrogens with zero attached hydrogens (tertiary/aromatic N) is 2. The Hall–Kier alpha value is -3.79. The fourth-order valence-corrected chi connectivity index (χ4v) is 3.67. The van der Waals surface area contributed by atoms with Crippen molar-refractivity contribution < 1.29 is 23.1 Å². The third-order valence-electron chi connectivity index (χ3n) is 5.18. The van der Waals surface area contributed by atoms with Crippen LogP contribution in [0, 0.1) is 23.0 Å². The van der Waals surface area contributed by atoms with E-state index in [9.17, 15) is 23.6 Å². The van der Waals surface area contributed by atoms with Gasteiger partial charge in [-0.2, -0.15) is 5.26 Å². The van der Waals surface area contributed by atoms with Crippen LogP contribution in [0.2, 0.25) is 0 Å². The number of halogens is 2. The average Bonchev–Trinajstić information content (AvgIpc) is 2.75. The summed E-state index contributed by atoms with van der Waals surface area (Å²) < 4.78 is 33.1. The van der Waals surface area contributed by atoms with Crippen LogP contribution in [0.4, 0.5) is 8.78 Å². The van der Waals surface area contributed by atoms with Gasteiger partial charge in [0.15, 0.2) is 0 Å². The average molecular weight is 422 g/mol. The van der Waals surface area contributed by atoms with E-state index in [-0.39, 0.29) is 36.6 Å². The first kappa shape index (κ1) is 21.9. The molecule has 0 aliphatic carbocycles. The van der Waals surface area contributed by atoms with E-state index in [1.54, 1.807) is 31.2 Å². The molecule has 0 aromatic heterocycles. The van der Waals surface area contributed by atoms with Crippen LogP contribution in [0.25, 0.3) is 0 Å². The van der Waals surface area contributed by atoms with Crippen LogP contribution in [-0.4, -0.2) is 23.4 Å². The molecule has 158 valence electrons. The fraction of sp³-hybridized carbons (Fsp3) is 0.208. The van der Waals surface area contributed by atoms with E-state index in [2.05, 4.69) is 12.6 Å². The Kier molecular flexibility index (Phi) is 6.61. The predicted molar refractivity (Wildman–Crippen MR) is 109 cm³/mol. The highest BCUT2D eigenvalue weighted by Gasteiger charge is 2.38. The van der Waals surface area contributed by atoms with E-state index in [4.69, 9.17) is 4.74 Å². The van der Waals surface area contributed by atoms with E-state index in [1.807, 2.05) is 0 Å². The zero-order valence-electron chi connectivity index (χ0n) is 16.9. The van der Waals surface area contributed by atoms with Gasteiger partial charge < -0.3 is 9.64 Å². The number of benzene rings is 2. The minimum absolute atomic E-state index is 0.0386. The molecule has 0 spiro atoms. The number of amides is 1. The zero-order valence-corrected chi connectivity index (χ0v) is 16.9. The van der Waals surface area contributed by atoms with Crippen LogP contribution in [0.1, 0.15) is 36.0 Å². The summed E-state index contributed by atoms with van der Waals surface area (Å²) >= 11 is 0. The largest absolute Gasteiger partial charge is 0.458 e. The summed E-state index contributed by atoms with van der Waals surface area (Å²) in [5.74, 6) is -3.58. The summed E-state index contributed by atoms with van der Waals surface area (Å²) in [6.07, 6.45) is 1.20. The Morgan fingerprint density at radius 1 is 1.32 bits per heavy atom. The first-order valence-electron chi connectivity index (χ1n) is 9.59. The standard InChI is InChI=1S/C24H20F2N2O3/c1-3-10-31-24(30)23-15(2)28(14-17-7-5-4-6-16(17)13-27)22(29)12-20(23)19-9-8-18(25)11-21(19)26/h3-9,11,20H,1,10,12,14H2,2H3. The lowest BCUT2D eigenvalue weighted by molar-refractivity contribution is -0.139. The molecular formula is C24H20F2N2O3. The van der Waals surface area contributed by atoms with Gasteiger partial charge in [-0.25, -0.2) is 13.6 Å². The monoisotopic (exact) mass is 422 g/mol. The minimum Gasteiger partial charge on any atom is -0.458 e. The Labute approximate surface area is 178 Å². The van der Waals surface area contributed by atoms with Crippen molar-refractivity contribution in [3.8, 4) is 6.07 Å². The summed E-state index contributed by atoms with van der Waals surface area (Å²) in [5.41, 5.74) is 1.47. The highest BCUT2D eigenvalue weighted by Crippen LogP contribution is 2.39. The molecule has 0 radical (unpaired) electrons. The number of nitriles is 1. The molecule has 0 fully saturated rings. The van der Waals surface area contributed by atoms with Crippen molar-refractivity contribution in [1.29, 1.82) is 5.26 Å². The van der Waals surface area contributed by atoms with Crippen LogP contribution in [0.15, 0.2) is 66.4 Å². The first-order valence-corrected chi connectivity index (χ1v) is 9.59. The molecule has 1 atom stereocenters. The van der Waals surface area contributed by atoms with Crippen LogP contribution in [0.3, 0.4) is 0 Å². The molecule has 1 unspecified atom stereocenters. The lowest BCUT2D eigenvalue weighted by atomic mass is 9.83. The number of hydrogen-bond acceptors (Lipinski definition) is 4. The smallest absolute Gasteiger partial charge is 0.336 e. The van der Waals surface area contributed by atoms with Gasteiger partial charge >= 0.3 is 5.97 Å². The predicted octanol–water partition coefficient (Wildman–Crippen LogP) is 4.36. The third kappa shape index (κ3) is 4.53. The van der Waals surface area contributed by atoms with E-state index in [1.165, 1.54) is 17.0 Å². The van der Waals surface area contributed by atoms with Crippen LogP contribution in [0.5, 0.6) is 0 Å². The Bertz CT molecular complexity index is 1120. The van der Waals surface area contributed by atoms with E-state index in [0.29, 0.717) is 16.8 Å². The molecule has 0 saturated heterocycles. The summed E-state index contributed by atoms with van der Waals surface area (Å²) in [6, 6.07) is 11.9. The molecular weight excluding hydrogens is 402 g/mol. The second kappa shape index (κ2) is 9.35. The molecule has 31 heavy (non-hydrogen) atoms. The Morgan fingerprint density at radius 2 is 2.06 bits per heavy atom. The molecule has 1 aliphatic heterocycles. The van der Waals surface area contributed by atoms with Crippen molar-refractivity contribution in [1.82, 2.24) is 4.90 Å². The topological polar surface area (TPSA) is 70.4 Å². The molecule has 2 aromatic rings. The lowest BCUT2D eigenvalue weighted by Crippen LogP contribution is -2.38. The number of ether oxygens (including phenoxy) is 1. The van der Waals surface area contributed by atoms with Gasteiger partial charge in [-0.05, 0) is 30.2 Å². The molecule has 1 heterocycles. The van der Waals surface area contributed by atoms with Crippen LogP contribution < -0.4 is 0 Å². The molecule has 0 saturated carbocycles. The van der Waals surface area contributed by atoms with Gasteiger partial charge in [0.2, 0.25) is 5.91 Å². The summed E-state index contributed by atoms with van der Waals surface area (Å²) in [7, 11) is 0. The van der Waals surface area contributed by atoms with Gasteiger partial charge in [0.05, 0.1) is 23.8 Å². The molecule has 7 heteroatoms. The van der Waals surface area contributed by atoms with Gasteiger partial charge in [0.25, 0.3) is 0 Å². The number of esters is 1. The highest BCUT2D eigenvalue weighted by atomic mass is 19.1. The van der Waals surface area contributed by atoms with Gasteiger partial charge in [0.1, 0.15) is 18.2 Å². The highest BCUT2D eigenvalue weighted by molar-refractivity contribution is 5.96. The van der Waals surface area contributed by atoms with Crippen molar-refractivity contribution in [2.24, 2.45) is 0 Å².